The second-order valence-corrected chi connectivity index (χ2v) is 4.77. The Morgan fingerprint density at radius 1 is 1.28 bits per heavy atom. The lowest BCUT2D eigenvalue weighted by Crippen LogP contribution is -2.30. The Morgan fingerprint density at radius 3 is 2.61 bits per heavy atom. The van der Waals surface area contributed by atoms with Crippen LogP contribution in [-0.2, 0) is 4.84 Å². The first-order valence-corrected chi connectivity index (χ1v) is 6.53. The van der Waals surface area contributed by atoms with Gasteiger partial charge in [0.2, 0.25) is 0 Å². The number of nitrogens with zero attached hydrogens (tertiary/aromatic N) is 1. The first-order valence-electron chi connectivity index (χ1n) is 6.16. The van der Waals surface area contributed by atoms with Gasteiger partial charge in [0.15, 0.2) is 0 Å². The highest BCUT2D eigenvalue weighted by molar-refractivity contribution is 6.30. The van der Waals surface area contributed by atoms with Crippen molar-refractivity contribution in [2.45, 2.75) is 12.8 Å². The molecule has 4 nitrogen and oxygen atoms in total. The monoisotopic (exact) mass is 268 g/mol. The predicted molar refractivity (Wildman–Crippen MR) is 70.5 cm³/mol. The summed E-state index contributed by atoms with van der Waals surface area (Å²) in [6, 6.07) is 6.70. The van der Waals surface area contributed by atoms with Gasteiger partial charge in [-0.3, -0.25) is 9.63 Å². The summed E-state index contributed by atoms with van der Waals surface area (Å²) in [7, 11) is 0. The zero-order valence-corrected chi connectivity index (χ0v) is 10.9. The molecule has 0 unspecified atom stereocenters. The molecule has 1 aromatic carbocycles. The van der Waals surface area contributed by atoms with Gasteiger partial charge in [-0.2, -0.15) is 0 Å². The van der Waals surface area contributed by atoms with Crippen LogP contribution in [0.2, 0.25) is 5.02 Å². The normalized spacial score (nSPS) is 15.8. The molecule has 1 aliphatic heterocycles. The molecular formula is C13H17ClN2O2. The van der Waals surface area contributed by atoms with E-state index in [1.165, 1.54) is 12.8 Å². The quantitative estimate of drug-likeness (QED) is 0.657. The van der Waals surface area contributed by atoms with Crippen LogP contribution < -0.4 is 5.48 Å². The second kappa shape index (κ2) is 6.73. The topological polar surface area (TPSA) is 41.6 Å². The van der Waals surface area contributed by atoms with E-state index in [4.69, 9.17) is 16.4 Å². The summed E-state index contributed by atoms with van der Waals surface area (Å²) >= 11 is 5.75. The van der Waals surface area contributed by atoms with Crippen molar-refractivity contribution < 1.29 is 9.63 Å². The van der Waals surface area contributed by atoms with Gasteiger partial charge in [-0.15, -0.1) is 0 Å². The summed E-state index contributed by atoms with van der Waals surface area (Å²) in [6.45, 7) is 3.64. The molecule has 1 amide bonds. The van der Waals surface area contributed by atoms with Gasteiger partial charge in [0.05, 0.1) is 6.61 Å². The Labute approximate surface area is 112 Å². The average molecular weight is 269 g/mol. The summed E-state index contributed by atoms with van der Waals surface area (Å²) < 4.78 is 0. The zero-order chi connectivity index (χ0) is 12.8. The van der Waals surface area contributed by atoms with Crippen LogP contribution in [0.3, 0.4) is 0 Å². The molecular weight excluding hydrogens is 252 g/mol. The number of carbonyl (C=O) groups excluding carboxylic acids is 1. The van der Waals surface area contributed by atoms with Gasteiger partial charge >= 0.3 is 0 Å². The summed E-state index contributed by atoms with van der Waals surface area (Å²) in [4.78, 5) is 19.2. The highest BCUT2D eigenvalue weighted by Crippen LogP contribution is 2.09. The fourth-order valence-electron chi connectivity index (χ4n) is 1.96. The van der Waals surface area contributed by atoms with Gasteiger partial charge in [0, 0.05) is 17.1 Å². The molecule has 0 aromatic heterocycles. The fourth-order valence-corrected chi connectivity index (χ4v) is 2.08. The first-order chi connectivity index (χ1) is 8.75. The molecule has 0 spiro atoms. The number of hydroxylamine groups is 1. The number of likely N-dealkylation sites (tertiary alicyclic amines) is 1. The highest BCUT2D eigenvalue weighted by Gasteiger charge is 2.11. The molecule has 0 bridgehead atoms. The fraction of sp³-hybridized carbons (Fsp3) is 0.462. The molecule has 2 rings (SSSR count). The van der Waals surface area contributed by atoms with Crippen LogP contribution in [0.1, 0.15) is 23.2 Å². The molecule has 0 radical (unpaired) electrons. The molecule has 0 aliphatic carbocycles. The molecule has 1 saturated heterocycles. The molecule has 0 atom stereocenters. The zero-order valence-electron chi connectivity index (χ0n) is 10.2. The van der Waals surface area contributed by atoms with E-state index in [9.17, 15) is 4.79 Å². The molecule has 0 saturated carbocycles. The van der Waals surface area contributed by atoms with Gasteiger partial charge in [-0.25, -0.2) is 5.48 Å². The van der Waals surface area contributed by atoms with E-state index in [0.29, 0.717) is 17.2 Å². The van der Waals surface area contributed by atoms with Gasteiger partial charge in [0.1, 0.15) is 0 Å². The van der Waals surface area contributed by atoms with Crippen molar-refractivity contribution in [2.24, 2.45) is 0 Å². The van der Waals surface area contributed by atoms with Crippen molar-refractivity contribution >= 4 is 17.5 Å². The number of rotatable bonds is 5. The molecule has 5 heteroatoms. The number of carbonyl (C=O) groups is 1. The number of hydrogen-bond acceptors (Lipinski definition) is 3. The Bertz CT molecular complexity index is 388. The first kappa shape index (κ1) is 13.3. The van der Waals surface area contributed by atoms with E-state index in [1.807, 2.05) is 0 Å². The summed E-state index contributed by atoms with van der Waals surface area (Å²) in [5, 5.41) is 0.613. The Balaban J connectivity index is 1.66. The van der Waals surface area contributed by atoms with Crippen molar-refractivity contribution in [2.75, 3.05) is 26.2 Å². The van der Waals surface area contributed by atoms with Crippen molar-refractivity contribution in [3.63, 3.8) is 0 Å². The molecule has 1 aromatic rings. The molecule has 18 heavy (non-hydrogen) atoms. The van der Waals surface area contributed by atoms with E-state index >= 15 is 0 Å². The van der Waals surface area contributed by atoms with Gasteiger partial charge < -0.3 is 4.90 Å². The minimum atomic E-state index is -0.243. The standard InChI is InChI=1S/C13H17ClN2O2/c14-12-5-3-11(4-6-12)13(17)15-18-10-9-16-7-1-2-8-16/h3-6H,1-2,7-10H2,(H,15,17). The summed E-state index contributed by atoms with van der Waals surface area (Å²) in [6.07, 6.45) is 2.52. The Kier molecular flexibility index (Phi) is 4.99. The van der Waals surface area contributed by atoms with Crippen LogP contribution in [-0.4, -0.2) is 37.0 Å². The van der Waals surface area contributed by atoms with E-state index in [1.54, 1.807) is 24.3 Å². The van der Waals surface area contributed by atoms with Crippen LogP contribution in [0, 0.1) is 0 Å². The third-order valence-corrected chi connectivity index (χ3v) is 3.23. The molecule has 1 fully saturated rings. The molecule has 1 heterocycles. The van der Waals surface area contributed by atoms with Crippen molar-refractivity contribution in [1.82, 2.24) is 10.4 Å². The third-order valence-electron chi connectivity index (χ3n) is 2.98. The van der Waals surface area contributed by atoms with Crippen molar-refractivity contribution in [3.8, 4) is 0 Å². The van der Waals surface area contributed by atoms with Crippen molar-refractivity contribution in [3.05, 3.63) is 34.9 Å². The maximum atomic E-state index is 11.7. The van der Waals surface area contributed by atoms with E-state index in [-0.39, 0.29) is 5.91 Å². The summed E-state index contributed by atoms with van der Waals surface area (Å²) in [5.41, 5.74) is 2.98. The van der Waals surface area contributed by atoms with Gasteiger partial charge in [-0.05, 0) is 50.2 Å². The van der Waals surface area contributed by atoms with Gasteiger partial charge in [-0.1, -0.05) is 11.6 Å². The van der Waals surface area contributed by atoms with Crippen LogP contribution in [0.4, 0.5) is 0 Å². The summed E-state index contributed by atoms with van der Waals surface area (Å²) in [5.74, 6) is -0.243. The SMILES string of the molecule is O=C(NOCCN1CCCC1)c1ccc(Cl)cc1. The maximum absolute atomic E-state index is 11.7. The lowest BCUT2D eigenvalue weighted by atomic mass is 10.2. The Hall–Kier alpha value is -1.10. The minimum absolute atomic E-state index is 0.243. The number of benzene rings is 1. The lowest BCUT2D eigenvalue weighted by molar-refractivity contribution is 0.0244. The molecule has 1 aliphatic rings. The minimum Gasteiger partial charge on any atom is -0.301 e. The number of hydrogen-bond donors (Lipinski definition) is 1. The smallest absolute Gasteiger partial charge is 0.274 e. The second-order valence-electron chi connectivity index (χ2n) is 4.34. The van der Waals surface area contributed by atoms with E-state index < -0.39 is 0 Å². The average Bonchev–Trinajstić information content (AvgIpc) is 2.88. The number of halogens is 1. The molecule has 1 N–H and O–H groups in total. The van der Waals surface area contributed by atoms with Crippen LogP contribution in [0.25, 0.3) is 0 Å². The molecule has 98 valence electrons. The van der Waals surface area contributed by atoms with Crippen molar-refractivity contribution in [1.29, 1.82) is 0 Å². The number of amides is 1. The third kappa shape index (κ3) is 3.98. The van der Waals surface area contributed by atoms with Crippen LogP contribution in [0.5, 0.6) is 0 Å². The van der Waals surface area contributed by atoms with Gasteiger partial charge in [0.25, 0.3) is 5.91 Å². The highest BCUT2D eigenvalue weighted by atomic mass is 35.5. The van der Waals surface area contributed by atoms with Crippen LogP contribution in [0.15, 0.2) is 24.3 Å². The van der Waals surface area contributed by atoms with E-state index in [0.717, 1.165) is 19.6 Å². The largest absolute Gasteiger partial charge is 0.301 e. The number of nitrogens with one attached hydrogen (secondary N) is 1. The van der Waals surface area contributed by atoms with Crippen LogP contribution >= 0.6 is 11.6 Å². The van der Waals surface area contributed by atoms with E-state index in [2.05, 4.69) is 10.4 Å². The Morgan fingerprint density at radius 2 is 1.94 bits per heavy atom. The maximum Gasteiger partial charge on any atom is 0.274 e. The predicted octanol–water partition coefficient (Wildman–Crippen LogP) is 2.10. The lowest BCUT2D eigenvalue weighted by Gasteiger charge is -2.14.